The van der Waals surface area contributed by atoms with Gasteiger partial charge in [0, 0.05) is 25.1 Å². The zero-order chi connectivity index (χ0) is 15.7. The second kappa shape index (κ2) is 5.98. The van der Waals surface area contributed by atoms with Crippen molar-refractivity contribution in [3.05, 3.63) is 23.7 Å². The number of nitrogens with zero attached hydrogens (tertiary/aromatic N) is 1. The number of hydrogen-bond acceptors (Lipinski definition) is 5. The molecule has 7 heteroatoms. The fourth-order valence-corrected chi connectivity index (χ4v) is 2.48. The minimum Gasteiger partial charge on any atom is -0.400 e. The molecule has 1 aliphatic heterocycles. The molecule has 0 aromatic carbocycles. The average Bonchev–Trinajstić information content (AvgIpc) is 2.91. The lowest BCUT2D eigenvalue weighted by Crippen LogP contribution is -2.41. The highest BCUT2D eigenvalue weighted by atomic mass is 32.2. The molecule has 0 bridgehead atoms. The molecule has 5 nitrogen and oxygen atoms in total. The van der Waals surface area contributed by atoms with E-state index in [1.807, 2.05) is 33.8 Å². The van der Waals surface area contributed by atoms with Crippen LogP contribution in [0.5, 0.6) is 0 Å². The monoisotopic (exact) mass is 308 g/mol. The van der Waals surface area contributed by atoms with Gasteiger partial charge in [-0.3, -0.25) is 4.79 Å². The molecule has 2 rings (SSSR count). The van der Waals surface area contributed by atoms with E-state index in [4.69, 9.17) is 9.31 Å². The van der Waals surface area contributed by atoms with Crippen LogP contribution in [0.2, 0.25) is 0 Å². The number of thioether (sulfide) groups is 1. The molecule has 0 spiro atoms. The van der Waals surface area contributed by atoms with E-state index < -0.39 is 18.3 Å². The third kappa shape index (κ3) is 3.78. The third-order valence-electron chi connectivity index (χ3n) is 3.84. The molecule has 0 aliphatic carbocycles. The van der Waals surface area contributed by atoms with Crippen molar-refractivity contribution >= 4 is 30.1 Å². The van der Waals surface area contributed by atoms with Crippen LogP contribution in [0.1, 0.15) is 40.4 Å². The van der Waals surface area contributed by atoms with Gasteiger partial charge in [0.25, 0.3) is 0 Å². The van der Waals surface area contributed by atoms with Gasteiger partial charge in [-0.25, -0.2) is 4.98 Å². The topological polar surface area (TPSA) is 64.2 Å². The lowest BCUT2D eigenvalue weighted by atomic mass is 9.79. The summed E-state index contributed by atoms with van der Waals surface area (Å²) in [6.45, 7) is 9.59. The molecule has 1 fully saturated rings. The third-order valence-corrected chi connectivity index (χ3v) is 4.72. The summed E-state index contributed by atoms with van der Waals surface area (Å²) in [5.41, 5.74) is 0.0885. The van der Waals surface area contributed by atoms with Crippen molar-refractivity contribution in [3.8, 4) is 0 Å². The molecule has 0 saturated carbocycles. The van der Waals surface area contributed by atoms with Crippen LogP contribution in [-0.4, -0.2) is 39.2 Å². The minimum atomic E-state index is -0.466. The maximum absolute atomic E-state index is 11.3. The van der Waals surface area contributed by atoms with E-state index >= 15 is 0 Å². The van der Waals surface area contributed by atoms with Gasteiger partial charge >= 0.3 is 7.12 Å². The summed E-state index contributed by atoms with van der Waals surface area (Å²) in [7, 11) is -0.466. The van der Waals surface area contributed by atoms with E-state index in [9.17, 15) is 4.79 Å². The number of nitrogens with one attached hydrogen (secondary N) is 1. The lowest BCUT2D eigenvalue weighted by molar-refractivity contribution is -0.109. The fourth-order valence-electron chi connectivity index (χ4n) is 1.89. The van der Waals surface area contributed by atoms with Crippen LogP contribution in [0.4, 0.5) is 0 Å². The second-order valence-corrected chi connectivity index (χ2v) is 7.21. The normalized spacial score (nSPS) is 20.8. The van der Waals surface area contributed by atoms with Gasteiger partial charge in [0.2, 0.25) is 0 Å². The summed E-state index contributed by atoms with van der Waals surface area (Å²) in [6.07, 6.45) is 5.33. The molecule has 0 unspecified atom stereocenters. The number of H-pyrrole nitrogens is 1. The first kappa shape index (κ1) is 16.3. The van der Waals surface area contributed by atoms with Crippen molar-refractivity contribution in [1.82, 2.24) is 9.97 Å². The molecule has 0 amide bonds. The first-order valence-corrected chi connectivity index (χ1v) is 7.89. The Morgan fingerprint density at radius 3 is 2.48 bits per heavy atom. The van der Waals surface area contributed by atoms with Crippen LogP contribution >= 0.6 is 11.8 Å². The van der Waals surface area contributed by atoms with Crippen LogP contribution in [0.25, 0.3) is 6.08 Å². The van der Waals surface area contributed by atoms with Gasteiger partial charge in [-0.15, -0.1) is 0 Å². The smallest absolute Gasteiger partial charge is 0.400 e. The molecule has 114 valence electrons. The summed E-state index contributed by atoms with van der Waals surface area (Å²) in [4.78, 5) is 18.5. The predicted octanol–water partition coefficient (Wildman–Crippen LogP) is 2.70. The molecular weight excluding hydrogens is 287 g/mol. The first-order valence-electron chi connectivity index (χ1n) is 6.90. The Hall–Kier alpha value is -1.05. The molecule has 0 radical (unpaired) electrons. The van der Waals surface area contributed by atoms with Crippen molar-refractivity contribution in [2.75, 3.05) is 5.75 Å². The molecule has 21 heavy (non-hydrogen) atoms. The van der Waals surface area contributed by atoms with Crippen molar-refractivity contribution in [3.63, 3.8) is 0 Å². The zero-order valence-corrected chi connectivity index (χ0v) is 13.9. The molecule has 1 aliphatic rings. The fraction of sp³-hybridized carbons (Fsp3) is 0.571. The molecule has 0 atom stereocenters. The van der Waals surface area contributed by atoms with E-state index in [-0.39, 0.29) is 5.12 Å². The highest BCUT2D eigenvalue weighted by Gasteiger charge is 2.52. The van der Waals surface area contributed by atoms with E-state index in [1.165, 1.54) is 11.8 Å². The van der Waals surface area contributed by atoms with Crippen molar-refractivity contribution in [2.45, 2.75) is 45.8 Å². The molecule has 1 saturated heterocycles. The van der Waals surface area contributed by atoms with E-state index in [2.05, 4.69) is 9.97 Å². The number of carbonyl (C=O) groups is 1. The Balaban J connectivity index is 2.22. The Morgan fingerprint density at radius 2 is 2.00 bits per heavy atom. The lowest BCUT2D eigenvalue weighted by Gasteiger charge is -2.32. The maximum Gasteiger partial charge on any atom is 0.491 e. The summed E-state index contributed by atoms with van der Waals surface area (Å²) < 4.78 is 12.1. The van der Waals surface area contributed by atoms with Gasteiger partial charge in [-0.05, 0) is 39.2 Å². The average molecular weight is 308 g/mol. The predicted molar refractivity (Wildman–Crippen MR) is 85.8 cm³/mol. The van der Waals surface area contributed by atoms with Gasteiger partial charge in [-0.2, -0.15) is 0 Å². The second-order valence-electron chi connectivity index (χ2n) is 6.06. The summed E-state index contributed by atoms with van der Waals surface area (Å²) >= 11 is 1.24. The minimum absolute atomic E-state index is 0.0665. The largest absolute Gasteiger partial charge is 0.491 e. The van der Waals surface area contributed by atoms with Crippen LogP contribution in [0.3, 0.4) is 0 Å². The van der Waals surface area contributed by atoms with Gasteiger partial charge in [-0.1, -0.05) is 11.8 Å². The molecule has 1 aromatic rings. The number of imidazole rings is 1. The van der Waals surface area contributed by atoms with Gasteiger partial charge in [0.15, 0.2) is 5.12 Å². The number of rotatable bonds is 4. The standard InChI is InChI=1S/C14H21BN2O3S/c1-10(18)21-9-11(8-12-16-6-7-17-12)15-19-13(2,3)14(4,5)20-15/h6-8H,9H2,1-5H3,(H,16,17). The number of aromatic nitrogens is 2. The zero-order valence-electron chi connectivity index (χ0n) is 13.1. The number of hydrogen-bond donors (Lipinski definition) is 1. The highest BCUT2D eigenvalue weighted by Crippen LogP contribution is 2.39. The van der Waals surface area contributed by atoms with Crippen LogP contribution in [0.15, 0.2) is 17.9 Å². The van der Waals surface area contributed by atoms with Crippen molar-refractivity contribution in [2.24, 2.45) is 0 Å². The summed E-state index contributed by atoms with van der Waals surface area (Å²) in [5.74, 6) is 1.25. The Kier molecular flexibility index (Phi) is 4.65. The van der Waals surface area contributed by atoms with Crippen LogP contribution in [0, 0.1) is 0 Å². The van der Waals surface area contributed by atoms with Gasteiger partial charge < -0.3 is 14.3 Å². The quantitative estimate of drug-likeness (QED) is 0.866. The Labute approximate surface area is 130 Å². The molecule has 2 heterocycles. The number of carbonyl (C=O) groups excluding carboxylic acids is 1. The van der Waals surface area contributed by atoms with E-state index in [0.717, 1.165) is 11.3 Å². The number of aromatic amines is 1. The molecule has 1 aromatic heterocycles. The van der Waals surface area contributed by atoms with E-state index in [0.29, 0.717) is 5.75 Å². The van der Waals surface area contributed by atoms with Gasteiger partial charge in [0.1, 0.15) is 5.82 Å². The van der Waals surface area contributed by atoms with Crippen LogP contribution < -0.4 is 0 Å². The SMILES string of the molecule is CC(=O)SCC(=Cc1ncc[nH]1)B1OC(C)(C)C(C)(C)O1. The van der Waals surface area contributed by atoms with Crippen LogP contribution in [-0.2, 0) is 14.1 Å². The summed E-state index contributed by atoms with van der Waals surface area (Å²) in [5, 5.41) is 0.0665. The Morgan fingerprint density at radius 1 is 1.38 bits per heavy atom. The Bertz CT molecular complexity index is 524. The van der Waals surface area contributed by atoms with Crippen molar-refractivity contribution < 1.29 is 14.1 Å². The van der Waals surface area contributed by atoms with Gasteiger partial charge in [0.05, 0.1) is 11.2 Å². The summed E-state index contributed by atoms with van der Waals surface area (Å²) in [6, 6.07) is 0. The van der Waals surface area contributed by atoms with Crippen molar-refractivity contribution in [1.29, 1.82) is 0 Å². The molecule has 1 N–H and O–H groups in total. The maximum atomic E-state index is 11.3. The highest BCUT2D eigenvalue weighted by molar-refractivity contribution is 8.13. The first-order chi connectivity index (χ1) is 9.71. The molecular formula is C14H21BN2O3S. The van der Waals surface area contributed by atoms with E-state index in [1.54, 1.807) is 19.3 Å².